The molecule has 0 radical (unpaired) electrons. The van der Waals surface area contributed by atoms with Crippen molar-refractivity contribution in [2.75, 3.05) is 6.61 Å². The number of nitrogens with zero attached hydrogens (tertiary/aromatic N) is 1. The number of aliphatic hydroxyl groups excluding tert-OH is 1. The molecule has 1 fully saturated rings. The Labute approximate surface area is 253 Å². The molecule has 15 heteroatoms. The summed E-state index contributed by atoms with van der Waals surface area (Å²) >= 11 is 9.03. The van der Waals surface area contributed by atoms with Crippen LogP contribution in [-0.4, -0.2) is 45.5 Å². The Morgan fingerprint density at radius 1 is 1.26 bits per heavy atom. The normalized spacial score (nSPS) is 20.7. The van der Waals surface area contributed by atoms with E-state index in [0.717, 1.165) is 10.1 Å². The minimum atomic E-state index is -4.28. The van der Waals surface area contributed by atoms with Gasteiger partial charge in [0.25, 0.3) is 5.56 Å². The minimum Gasteiger partial charge on any atom is -0.460 e. The molecule has 12 nitrogen and oxygen atoms in total. The number of esters is 1. The van der Waals surface area contributed by atoms with Gasteiger partial charge in [0, 0.05) is 17.6 Å². The molecule has 224 valence electrons. The van der Waals surface area contributed by atoms with Crippen LogP contribution in [0.1, 0.15) is 30.7 Å². The molecule has 3 aromatic rings. The standard InChI is InChI=1S/C27H28BrClN3O9P/c1-17(26(35)38-15-18-5-3-2-4-6-18)31-42(37,41-21-9-7-20(29)8-10-21)39-16-23-22(33)13-24(40-23)32-14-19(11-12-28)25(34)30-27(32)36/h2-12,14,17,22-24,33H,13,15-16H2,1H3,(H,31,37)(H,30,34,36)/b12-11+/t17-,22-,23+,24+,42?/m0/s1. The predicted molar refractivity (Wildman–Crippen MR) is 158 cm³/mol. The van der Waals surface area contributed by atoms with Crippen molar-refractivity contribution in [3.8, 4) is 5.75 Å². The van der Waals surface area contributed by atoms with Gasteiger partial charge in [-0.2, -0.15) is 5.09 Å². The molecule has 5 atom stereocenters. The van der Waals surface area contributed by atoms with E-state index in [9.17, 15) is 24.1 Å². The van der Waals surface area contributed by atoms with E-state index in [4.69, 9.17) is 30.1 Å². The van der Waals surface area contributed by atoms with E-state index in [0.29, 0.717) is 5.02 Å². The first kappa shape index (κ1) is 31.9. The van der Waals surface area contributed by atoms with Crippen LogP contribution in [0.15, 0.2) is 75.4 Å². The third kappa shape index (κ3) is 8.51. The van der Waals surface area contributed by atoms with Gasteiger partial charge in [-0.3, -0.25) is 23.7 Å². The number of halogens is 2. The summed E-state index contributed by atoms with van der Waals surface area (Å²) in [5.41, 5.74) is -0.365. The molecule has 0 bridgehead atoms. The summed E-state index contributed by atoms with van der Waals surface area (Å²) in [7, 11) is -4.28. The largest absolute Gasteiger partial charge is 0.460 e. The van der Waals surface area contributed by atoms with Gasteiger partial charge in [0.15, 0.2) is 0 Å². The summed E-state index contributed by atoms with van der Waals surface area (Å²) in [5.74, 6) is -0.566. The maximum absolute atomic E-state index is 13.8. The van der Waals surface area contributed by atoms with Gasteiger partial charge in [0.05, 0.1) is 18.3 Å². The molecule has 1 unspecified atom stereocenters. The Bertz CT molecular complexity index is 1570. The lowest BCUT2D eigenvalue weighted by Crippen LogP contribution is -2.36. The van der Waals surface area contributed by atoms with E-state index in [1.807, 2.05) is 18.2 Å². The van der Waals surface area contributed by atoms with Crippen LogP contribution in [0.4, 0.5) is 0 Å². The number of ether oxygens (including phenoxy) is 2. The Hall–Kier alpha value is -3.03. The molecule has 0 amide bonds. The van der Waals surface area contributed by atoms with E-state index < -0.39 is 56.0 Å². The molecule has 1 saturated heterocycles. The monoisotopic (exact) mass is 683 g/mol. The smallest absolute Gasteiger partial charge is 0.459 e. The zero-order valence-electron chi connectivity index (χ0n) is 22.2. The van der Waals surface area contributed by atoms with Crippen molar-refractivity contribution in [2.45, 2.75) is 44.4 Å². The van der Waals surface area contributed by atoms with Gasteiger partial charge >= 0.3 is 19.4 Å². The van der Waals surface area contributed by atoms with Gasteiger partial charge in [-0.1, -0.05) is 57.9 Å². The Morgan fingerprint density at radius 2 is 1.98 bits per heavy atom. The number of hydrogen-bond acceptors (Lipinski definition) is 9. The lowest BCUT2D eigenvalue weighted by molar-refractivity contribution is -0.146. The number of benzene rings is 2. The maximum atomic E-state index is 13.8. The number of hydrogen-bond donors (Lipinski definition) is 3. The highest BCUT2D eigenvalue weighted by Gasteiger charge is 2.39. The summed E-state index contributed by atoms with van der Waals surface area (Å²) in [6.45, 7) is 1.01. The molecule has 0 saturated carbocycles. The fourth-order valence-corrected chi connectivity index (χ4v) is 5.89. The number of nitrogens with one attached hydrogen (secondary N) is 2. The highest BCUT2D eigenvalue weighted by Crippen LogP contribution is 2.46. The quantitative estimate of drug-likeness (QED) is 0.187. The molecule has 2 heterocycles. The third-order valence-electron chi connectivity index (χ3n) is 6.13. The molecular formula is C27H28BrClN3O9P. The lowest BCUT2D eigenvalue weighted by atomic mass is 10.2. The molecule has 0 aliphatic carbocycles. The van der Waals surface area contributed by atoms with Gasteiger partial charge in [-0.15, -0.1) is 0 Å². The van der Waals surface area contributed by atoms with Gasteiger partial charge in [-0.05, 0) is 47.8 Å². The number of H-pyrrole nitrogens is 1. The van der Waals surface area contributed by atoms with Gasteiger partial charge in [-0.25, -0.2) is 9.36 Å². The first-order chi connectivity index (χ1) is 20.1. The molecular weight excluding hydrogens is 657 g/mol. The molecule has 1 aliphatic rings. The Kier molecular flexibility index (Phi) is 11.0. The zero-order valence-corrected chi connectivity index (χ0v) is 25.5. The summed E-state index contributed by atoms with van der Waals surface area (Å²) in [6.07, 6.45) is -0.372. The number of carbonyl (C=O) groups excluding carboxylic acids is 1. The summed E-state index contributed by atoms with van der Waals surface area (Å²) in [4.78, 5) is 40.8. The molecule has 0 spiro atoms. The highest BCUT2D eigenvalue weighted by molar-refractivity contribution is 9.11. The van der Waals surface area contributed by atoms with E-state index >= 15 is 0 Å². The number of carbonyl (C=O) groups is 1. The zero-order chi connectivity index (χ0) is 30.3. The van der Waals surface area contributed by atoms with Crippen LogP contribution in [0.25, 0.3) is 6.08 Å². The van der Waals surface area contributed by atoms with Crippen LogP contribution >= 0.6 is 35.3 Å². The van der Waals surface area contributed by atoms with E-state index in [-0.39, 0.29) is 24.3 Å². The highest BCUT2D eigenvalue weighted by atomic mass is 79.9. The lowest BCUT2D eigenvalue weighted by Gasteiger charge is -2.24. The van der Waals surface area contributed by atoms with Crippen molar-refractivity contribution in [1.29, 1.82) is 0 Å². The van der Waals surface area contributed by atoms with Crippen molar-refractivity contribution in [3.05, 3.63) is 103 Å². The van der Waals surface area contributed by atoms with E-state index in [2.05, 4.69) is 26.0 Å². The Balaban J connectivity index is 1.46. The average Bonchev–Trinajstić information content (AvgIpc) is 3.34. The first-order valence-electron chi connectivity index (χ1n) is 12.7. The van der Waals surface area contributed by atoms with Crippen LogP contribution in [0, 0.1) is 0 Å². The average molecular weight is 685 g/mol. The topological polar surface area (TPSA) is 158 Å². The number of aromatic nitrogens is 2. The SMILES string of the molecule is C[C@H](NP(=O)(OC[C@H]1O[C@@H](n2cc(/C=C/Br)c(=O)[nH]c2=O)C[C@@H]1O)Oc1ccc(Cl)cc1)C(=O)OCc1ccccc1. The maximum Gasteiger partial charge on any atom is 0.459 e. The van der Waals surface area contributed by atoms with Gasteiger partial charge < -0.3 is 19.1 Å². The van der Waals surface area contributed by atoms with Crippen LogP contribution in [0.2, 0.25) is 5.02 Å². The fourth-order valence-electron chi connectivity index (χ4n) is 3.98. The van der Waals surface area contributed by atoms with Crippen molar-refractivity contribution < 1.29 is 33.0 Å². The second-order valence-electron chi connectivity index (χ2n) is 9.26. The van der Waals surface area contributed by atoms with Crippen LogP contribution in [-0.2, 0) is 30.0 Å². The number of rotatable bonds is 12. The van der Waals surface area contributed by atoms with Gasteiger partial charge in [0.1, 0.15) is 30.7 Å². The van der Waals surface area contributed by atoms with Gasteiger partial charge in [0.2, 0.25) is 0 Å². The van der Waals surface area contributed by atoms with Crippen molar-refractivity contribution in [2.24, 2.45) is 0 Å². The molecule has 4 rings (SSSR count). The molecule has 3 N–H and O–H groups in total. The summed E-state index contributed by atoms with van der Waals surface area (Å²) in [6, 6.07) is 13.9. The van der Waals surface area contributed by atoms with Crippen LogP contribution in [0.5, 0.6) is 5.75 Å². The summed E-state index contributed by atoms with van der Waals surface area (Å²) < 4.78 is 37.4. The third-order valence-corrected chi connectivity index (χ3v) is 8.29. The number of aliphatic hydroxyl groups is 1. The molecule has 42 heavy (non-hydrogen) atoms. The van der Waals surface area contributed by atoms with Crippen molar-refractivity contribution in [1.82, 2.24) is 14.6 Å². The van der Waals surface area contributed by atoms with Crippen LogP contribution < -0.4 is 20.9 Å². The second-order valence-corrected chi connectivity index (χ2v) is 11.9. The second kappa shape index (κ2) is 14.4. The predicted octanol–water partition coefficient (Wildman–Crippen LogP) is 4.13. The summed E-state index contributed by atoms with van der Waals surface area (Å²) in [5, 5.41) is 13.6. The first-order valence-corrected chi connectivity index (χ1v) is 15.5. The minimum absolute atomic E-state index is 0.00958. The van der Waals surface area contributed by atoms with E-state index in [1.165, 1.54) is 48.4 Å². The van der Waals surface area contributed by atoms with Crippen molar-refractivity contribution >= 4 is 47.3 Å². The molecule has 1 aliphatic heterocycles. The number of aromatic amines is 1. The molecule has 2 aromatic carbocycles. The van der Waals surface area contributed by atoms with E-state index in [1.54, 1.807) is 12.1 Å². The van der Waals surface area contributed by atoms with Crippen LogP contribution in [0.3, 0.4) is 0 Å². The van der Waals surface area contributed by atoms with Crippen molar-refractivity contribution in [3.63, 3.8) is 0 Å². The fraction of sp³-hybridized carbons (Fsp3) is 0.296. The Morgan fingerprint density at radius 3 is 2.67 bits per heavy atom. The molecule has 1 aromatic heterocycles.